The fourth-order valence-corrected chi connectivity index (χ4v) is 3.44. The van der Waals surface area contributed by atoms with E-state index in [1.165, 1.54) is 19.3 Å². The molecule has 5 nitrogen and oxygen atoms in total. The highest BCUT2D eigenvalue weighted by Crippen LogP contribution is 2.21. The molecule has 0 radical (unpaired) electrons. The molecule has 2 N–H and O–H groups in total. The highest BCUT2D eigenvalue weighted by Gasteiger charge is 2.13. The van der Waals surface area contributed by atoms with Crippen molar-refractivity contribution in [1.29, 1.82) is 0 Å². The average Bonchev–Trinajstić information content (AvgIpc) is 2.73. The van der Waals surface area contributed by atoms with Crippen molar-refractivity contribution in [2.45, 2.75) is 44.8 Å². The Morgan fingerprint density at radius 2 is 1.86 bits per heavy atom. The number of benzene rings is 2. The molecule has 3 rings (SSSR count). The van der Waals surface area contributed by atoms with Gasteiger partial charge in [0.2, 0.25) is 0 Å². The first kappa shape index (κ1) is 20.4. The second kappa shape index (κ2) is 10.8. The Bertz CT molecular complexity index is 804. The van der Waals surface area contributed by atoms with Crippen LogP contribution in [0.15, 0.2) is 53.6 Å². The summed E-state index contributed by atoms with van der Waals surface area (Å²) in [5.41, 5.74) is 4.27. The second-order valence-electron chi connectivity index (χ2n) is 6.93. The van der Waals surface area contributed by atoms with Crippen molar-refractivity contribution in [3.05, 3.63) is 64.7 Å². The van der Waals surface area contributed by atoms with Crippen molar-refractivity contribution >= 4 is 23.7 Å². The summed E-state index contributed by atoms with van der Waals surface area (Å²) in [6.45, 7) is 0.648. The molecule has 0 heterocycles. The second-order valence-corrected chi connectivity index (χ2v) is 7.33. The molecule has 2 aromatic carbocycles. The molecule has 0 saturated heterocycles. The molecule has 1 fully saturated rings. The first-order chi connectivity index (χ1) is 13.7. The maximum absolute atomic E-state index is 12.0. The predicted octanol–water partition coefficient (Wildman–Crippen LogP) is 4.29. The zero-order chi connectivity index (χ0) is 19.6. The number of carbonyl (C=O) groups is 1. The van der Waals surface area contributed by atoms with Crippen molar-refractivity contribution in [2.75, 3.05) is 6.54 Å². The third kappa shape index (κ3) is 6.36. The Balaban J connectivity index is 1.49. The van der Waals surface area contributed by atoms with E-state index >= 15 is 0 Å². The van der Waals surface area contributed by atoms with E-state index < -0.39 is 0 Å². The van der Waals surface area contributed by atoms with Crippen LogP contribution in [0.4, 0.5) is 0 Å². The number of para-hydroxylation sites is 1. The number of hydrazone groups is 1. The molecular formula is C22H26ClN3O2. The lowest BCUT2D eigenvalue weighted by Crippen LogP contribution is -2.38. The van der Waals surface area contributed by atoms with Crippen molar-refractivity contribution in [2.24, 2.45) is 5.10 Å². The molecule has 148 valence electrons. The molecule has 0 aliphatic heterocycles. The van der Waals surface area contributed by atoms with Crippen LogP contribution in [0, 0.1) is 0 Å². The molecule has 0 unspecified atom stereocenters. The third-order valence-electron chi connectivity index (χ3n) is 4.81. The third-order valence-corrected chi connectivity index (χ3v) is 5.18. The van der Waals surface area contributed by atoms with Crippen molar-refractivity contribution < 1.29 is 9.53 Å². The number of hydrogen-bond acceptors (Lipinski definition) is 4. The summed E-state index contributed by atoms with van der Waals surface area (Å²) < 4.78 is 5.89. The zero-order valence-electron chi connectivity index (χ0n) is 15.9. The minimum Gasteiger partial charge on any atom is -0.488 e. The van der Waals surface area contributed by atoms with Crippen LogP contribution in [0.1, 0.15) is 43.2 Å². The number of amides is 1. The molecule has 0 atom stereocenters. The molecule has 2 aromatic rings. The summed E-state index contributed by atoms with van der Waals surface area (Å²) in [5, 5.41) is 8.04. The summed E-state index contributed by atoms with van der Waals surface area (Å²) in [6.07, 6.45) is 7.66. The average molecular weight is 400 g/mol. The van der Waals surface area contributed by atoms with Crippen molar-refractivity contribution in [3.63, 3.8) is 0 Å². The van der Waals surface area contributed by atoms with Gasteiger partial charge in [-0.25, -0.2) is 5.43 Å². The number of rotatable bonds is 8. The van der Waals surface area contributed by atoms with Crippen molar-refractivity contribution in [3.8, 4) is 5.75 Å². The van der Waals surface area contributed by atoms with Gasteiger partial charge in [0.1, 0.15) is 12.4 Å². The molecule has 1 amide bonds. The van der Waals surface area contributed by atoms with Crippen LogP contribution in [0.5, 0.6) is 5.75 Å². The smallest absolute Gasteiger partial charge is 0.254 e. The molecule has 1 saturated carbocycles. The molecule has 1 aliphatic carbocycles. The van der Waals surface area contributed by atoms with E-state index in [1.807, 2.05) is 48.5 Å². The van der Waals surface area contributed by atoms with Crippen LogP contribution < -0.4 is 15.5 Å². The number of hydrogen-bond donors (Lipinski definition) is 2. The van der Waals surface area contributed by atoms with E-state index in [-0.39, 0.29) is 12.5 Å². The maximum Gasteiger partial charge on any atom is 0.254 e. The molecule has 0 aromatic heterocycles. The van der Waals surface area contributed by atoms with Gasteiger partial charge >= 0.3 is 0 Å². The SMILES string of the molecule is O=C(CNC1CCCCC1)N/N=C\c1ccccc1OCc1ccccc1Cl. The van der Waals surface area contributed by atoms with E-state index in [9.17, 15) is 4.79 Å². The quantitative estimate of drug-likeness (QED) is 0.514. The Hall–Kier alpha value is -2.37. The number of nitrogens with one attached hydrogen (secondary N) is 2. The van der Waals surface area contributed by atoms with E-state index in [0.29, 0.717) is 23.4 Å². The summed E-state index contributed by atoms with van der Waals surface area (Å²) in [4.78, 5) is 12.0. The highest BCUT2D eigenvalue weighted by atomic mass is 35.5. The van der Waals surface area contributed by atoms with Gasteiger partial charge in [0, 0.05) is 22.2 Å². The highest BCUT2D eigenvalue weighted by molar-refractivity contribution is 6.31. The Morgan fingerprint density at radius 3 is 2.68 bits per heavy atom. The van der Waals surface area contributed by atoms with Crippen LogP contribution in [-0.2, 0) is 11.4 Å². The van der Waals surface area contributed by atoms with Crippen LogP contribution in [0.3, 0.4) is 0 Å². The van der Waals surface area contributed by atoms with Gasteiger partial charge in [-0.1, -0.05) is 61.2 Å². The molecule has 0 bridgehead atoms. The van der Waals surface area contributed by atoms with Gasteiger partial charge in [0.15, 0.2) is 0 Å². The lowest BCUT2D eigenvalue weighted by molar-refractivity contribution is -0.120. The number of ether oxygens (including phenoxy) is 1. The molecule has 0 spiro atoms. The fraction of sp³-hybridized carbons (Fsp3) is 0.364. The molecule has 1 aliphatic rings. The largest absolute Gasteiger partial charge is 0.488 e. The lowest BCUT2D eigenvalue weighted by Gasteiger charge is -2.22. The lowest BCUT2D eigenvalue weighted by atomic mass is 9.95. The Morgan fingerprint density at radius 1 is 1.11 bits per heavy atom. The van der Waals surface area contributed by atoms with Crippen molar-refractivity contribution in [1.82, 2.24) is 10.7 Å². The van der Waals surface area contributed by atoms with Gasteiger partial charge in [-0.05, 0) is 31.0 Å². The van der Waals surface area contributed by atoms with Gasteiger partial charge < -0.3 is 10.1 Å². The zero-order valence-corrected chi connectivity index (χ0v) is 16.6. The normalized spacial score (nSPS) is 14.9. The van der Waals surface area contributed by atoms with Crippen LogP contribution >= 0.6 is 11.6 Å². The molecular weight excluding hydrogens is 374 g/mol. The fourth-order valence-electron chi connectivity index (χ4n) is 3.25. The van der Waals surface area contributed by atoms with Crippen LogP contribution in [0.2, 0.25) is 5.02 Å². The number of halogens is 1. The van der Waals surface area contributed by atoms with Crippen LogP contribution in [-0.4, -0.2) is 24.7 Å². The monoisotopic (exact) mass is 399 g/mol. The summed E-state index contributed by atoms with van der Waals surface area (Å²) in [5.74, 6) is 0.539. The first-order valence-corrected chi connectivity index (χ1v) is 10.1. The van der Waals surface area contributed by atoms with Crippen LogP contribution in [0.25, 0.3) is 0 Å². The van der Waals surface area contributed by atoms with Gasteiger partial charge in [0.25, 0.3) is 5.91 Å². The molecule has 28 heavy (non-hydrogen) atoms. The molecule has 6 heteroatoms. The summed E-state index contributed by atoms with van der Waals surface area (Å²) >= 11 is 6.17. The van der Waals surface area contributed by atoms with E-state index in [4.69, 9.17) is 16.3 Å². The van der Waals surface area contributed by atoms with Gasteiger partial charge in [-0.3, -0.25) is 4.79 Å². The summed E-state index contributed by atoms with van der Waals surface area (Å²) in [7, 11) is 0. The topological polar surface area (TPSA) is 62.7 Å². The Labute approximate surface area is 171 Å². The maximum atomic E-state index is 12.0. The number of carbonyl (C=O) groups excluding carboxylic acids is 1. The van der Waals surface area contributed by atoms with Gasteiger partial charge in [-0.15, -0.1) is 0 Å². The number of nitrogens with zero attached hydrogens (tertiary/aromatic N) is 1. The standard InChI is InChI=1S/C22H26ClN3O2/c23-20-12-6-4-9-18(20)16-28-21-13-7-5-8-17(21)14-25-26-22(27)15-24-19-10-2-1-3-11-19/h4-9,12-14,19,24H,1-3,10-11,15-16H2,(H,26,27)/b25-14-. The first-order valence-electron chi connectivity index (χ1n) is 9.73. The van der Waals surface area contributed by atoms with E-state index in [0.717, 1.165) is 24.0 Å². The van der Waals surface area contributed by atoms with Gasteiger partial charge in [0.05, 0.1) is 12.8 Å². The van der Waals surface area contributed by atoms with E-state index in [1.54, 1.807) is 6.21 Å². The predicted molar refractivity (Wildman–Crippen MR) is 113 cm³/mol. The minimum absolute atomic E-state index is 0.142. The Kier molecular flexibility index (Phi) is 7.88. The van der Waals surface area contributed by atoms with Gasteiger partial charge in [-0.2, -0.15) is 5.10 Å². The summed E-state index contributed by atoms with van der Waals surface area (Å²) in [6, 6.07) is 15.6. The minimum atomic E-state index is -0.142. The van der Waals surface area contributed by atoms with E-state index in [2.05, 4.69) is 15.8 Å².